The fourth-order valence-electron chi connectivity index (χ4n) is 3.09. The zero-order valence-corrected chi connectivity index (χ0v) is 15.9. The second kappa shape index (κ2) is 8.06. The van der Waals surface area contributed by atoms with Crippen molar-refractivity contribution in [1.82, 2.24) is 14.8 Å². The molecule has 0 spiro atoms. The third-order valence-corrected chi connectivity index (χ3v) is 5.38. The molecule has 5 nitrogen and oxygen atoms in total. The van der Waals surface area contributed by atoms with Gasteiger partial charge in [-0.05, 0) is 43.9 Å². The summed E-state index contributed by atoms with van der Waals surface area (Å²) in [5.74, 6) is 1.72. The number of hydrogen-bond donors (Lipinski definition) is 0. The lowest BCUT2D eigenvalue weighted by Crippen LogP contribution is -2.33. The molecule has 0 saturated carbocycles. The Balaban J connectivity index is 1.69. The Bertz CT molecular complexity index is 727. The monoisotopic (exact) mass is 359 g/mol. The Morgan fingerprint density at radius 3 is 2.64 bits per heavy atom. The molecular formula is C19H25N3O2S. The highest BCUT2D eigenvalue weighted by Gasteiger charge is 2.19. The molecule has 0 bridgehead atoms. The number of aromatic nitrogens is 1. The van der Waals surface area contributed by atoms with Crippen LogP contribution in [0.3, 0.4) is 0 Å². The van der Waals surface area contributed by atoms with E-state index in [1.807, 2.05) is 11.8 Å². The normalized spacial score (nSPS) is 16.0. The molecule has 134 valence electrons. The molecule has 25 heavy (non-hydrogen) atoms. The Hall–Kier alpha value is -1.79. The van der Waals surface area contributed by atoms with Crippen molar-refractivity contribution in [2.75, 3.05) is 32.4 Å². The molecule has 1 saturated heterocycles. The minimum absolute atomic E-state index is 0.162. The van der Waals surface area contributed by atoms with Crippen LogP contribution in [0.4, 0.5) is 0 Å². The zero-order chi connectivity index (χ0) is 17.8. The SMILES string of the molecule is CSc1ccc(-c2nc(CN3CCCN(C(C)=O)CC3)c(C)o2)cc1. The number of carbonyl (C=O) groups is 1. The summed E-state index contributed by atoms with van der Waals surface area (Å²) in [4.78, 5) is 21.8. The van der Waals surface area contributed by atoms with E-state index >= 15 is 0 Å². The third-order valence-electron chi connectivity index (χ3n) is 4.64. The van der Waals surface area contributed by atoms with Crippen molar-refractivity contribution in [2.45, 2.75) is 31.7 Å². The van der Waals surface area contributed by atoms with Crippen molar-refractivity contribution < 1.29 is 9.21 Å². The molecule has 1 fully saturated rings. The number of carbonyl (C=O) groups excluding carboxylic acids is 1. The van der Waals surface area contributed by atoms with Crippen LogP contribution >= 0.6 is 11.8 Å². The Kier molecular flexibility index (Phi) is 5.81. The molecule has 1 aliphatic rings. The van der Waals surface area contributed by atoms with Crippen molar-refractivity contribution in [3.05, 3.63) is 35.7 Å². The molecule has 0 radical (unpaired) electrons. The number of hydrogen-bond acceptors (Lipinski definition) is 5. The van der Waals surface area contributed by atoms with E-state index in [-0.39, 0.29) is 5.91 Å². The van der Waals surface area contributed by atoms with Gasteiger partial charge in [0.25, 0.3) is 0 Å². The van der Waals surface area contributed by atoms with Crippen LogP contribution < -0.4 is 0 Å². The number of thioether (sulfide) groups is 1. The van der Waals surface area contributed by atoms with Crippen LogP contribution in [0.2, 0.25) is 0 Å². The Morgan fingerprint density at radius 1 is 1.20 bits per heavy atom. The van der Waals surface area contributed by atoms with E-state index in [1.165, 1.54) is 4.90 Å². The molecule has 1 aliphatic heterocycles. The molecule has 0 N–H and O–H groups in total. The van der Waals surface area contributed by atoms with E-state index in [1.54, 1.807) is 18.7 Å². The fraction of sp³-hybridized carbons (Fsp3) is 0.474. The standard InChI is InChI=1S/C19H25N3O2S/c1-14-18(13-21-9-4-10-22(12-11-21)15(2)23)20-19(24-14)16-5-7-17(25-3)8-6-16/h5-8H,4,9-13H2,1-3H3. The molecular weight excluding hydrogens is 334 g/mol. The maximum Gasteiger partial charge on any atom is 0.226 e. The van der Waals surface area contributed by atoms with Gasteiger partial charge in [0.15, 0.2) is 0 Å². The first-order valence-electron chi connectivity index (χ1n) is 8.65. The van der Waals surface area contributed by atoms with Crippen LogP contribution in [-0.4, -0.2) is 53.1 Å². The topological polar surface area (TPSA) is 49.6 Å². The van der Waals surface area contributed by atoms with Gasteiger partial charge >= 0.3 is 0 Å². The second-order valence-electron chi connectivity index (χ2n) is 6.39. The molecule has 2 aromatic rings. The molecule has 0 atom stereocenters. The zero-order valence-electron chi connectivity index (χ0n) is 15.1. The number of rotatable bonds is 4. The van der Waals surface area contributed by atoms with Gasteiger partial charge in [-0.1, -0.05) is 0 Å². The largest absolute Gasteiger partial charge is 0.441 e. The maximum atomic E-state index is 11.6. The molecule has 0 unspecified atom stereocenters. The average molecular weight is 359 g/mol. The summed E-state index contributed by atoms with van der Waals surface area (Å²) in [6.45, 7) is 7.88. The number of benzene rings is 1. The first-order valence-corrected chi connectivity index (χ1v) is 9.88. The smallest absolute Gasteiger partial charge is 0.226 e. The molecule has 2 heterocycles. The highest BCUT2D eigenvalue weighted by molar-refractivity contribution is 7.98. The van der Waals surface area contributed by atoms with E-state index in [2.05, 4.69) is 35.4 Å². The summed E-state index contributed by atoms with van der Waals surface area (Å²) in [6, 6.07) is 8.28. The van der Waals surface area contributed by atoms with Crippen molar-refractivity contribution in [3.8, 4) is 11.5 Å². The number of aryl methyl sites for hydroxylation is 1. The van der Waals surface area contributed by atoms with Crippen LogP contribution in [0.1, 0.15) is 24.8 Å². The minimum Gasteiger partial charge on any atom is -0.441 e. The van der Waals surface area contributed by atoms with Crippen molar-refractivity contribution in [3.63, 3.8) is 0 Å². The molecule has 1 amide bonds. The van der Waals surface area contributed by atoms with E-state index in [4.69, 9.17) is 9.40 Å². The Morgan fingerprint density at radius 2 is 1.96 bits per heavy atom. The van der Waals surface area contributed by atoms with Crippen LogP contribution in [-0.2, 0) is 11.3 Å². The molecule has 1 aromatic heterocycles. The van der Waals surface area contributed by atoms with Crippen molar-refractivity contribution in [1.29, 1.82) is 0 Å². The molecule has 3 rings (SSSR count). The molecule has 1 aromatic carbocycles. The summed E-state index contributed by atoms with van der Waals surface area (Å²) in [6.07, 6.45) is 3.07. The first-order chi connectivity index (χ1) is 12.1. The second-order valence-corrected chi connectivity index (χ2v) is 7.27. The number of nitrogens with zero attached hydrogens (tertiary/aromatic N) is 3. The van der Waals surface area contributed by atoms with Gasteiger partial charge in [0.1, 0.15) is 5.76 Å². The van der Waals surface area contributed by atoms with E-state index in [0.717, 1.165) is 56.2 Å². The summed E-state index contributed by atoms with van der Waals surface area (Å²) in [7, 11) is 0. The summed E-state index contributed by atoms with van der Waals surface area (Å²) >= 11 is 1.72. The molecule has 0 aliphatic carbocycles. The summed E-state index contributed by atoms with van der Waals surface area (Å²) in [5.41, 5.74) is 1.99. The van der Waals surface area contributed by atoms with Gasteiger partial charge in [-0.15, -0.1) is 11.8 Å². The van der Waals surface area contributed by atoms with Gasteiger partial charge in [0.2, 0.25) is 11.8 Å². The lowest BCUT2D eigenvalue weighted by Gasteiger charge is -2.20. The van der Waals surface area contributed by atoms with Gasteiger partial charge in [0, 0.05) is 50.1 Å². The van der Waals surface area contributed by atoms with Crippen LogP contribution in [0.25, 0.3) is 11.5 Å². The summed E-state index contributed by atoms with van der Waals surface area (Å²) in [5, 5.41) is 0. The number of oxazole rings is 1. The van der Waals surface area contributed by atoms with Gasteiger partial charge in [-0.2, -0.15) is 0 Å². The number of amides is 1. The maximum absolute atomic E-state index is 11.6. The van der Waals surface area contributed by atoms with Crippen molar-refractivity contribution >= 4 is 17.7 Å². The minimum atomic E-state index is 0.162. The predicted molar refractivity (Wildman–Crippen MR) is 101 cm³/mol. The predicted octanol–water partition coefficient (Wildman–Crippen LogP) is 3.43. The van der Waals surface area contributed by atoms with Crippen LogP contribution in [0.15, 0.2) is 33.6 Å². The van der Waals surface area contributed by atoms with Crippen LogP contribution in [0, 0.1) is 6.92 Å². The van der Waals surface area contributed by atoms with Gasteiger partial charge in [0.05, 0.1) is 5.69 Å². The van der Waals surface area contributed by atoms with Crippen LogP contribution in [0.5, 0.6) is 0 Å². The fourth-order valence-corrected chi connectivity index (χ4v) is 3.50. The lowest BCUT2D eigenvalue weighted by molar-refractivity contribution is -0.128. The molecule has 6 heteroatoms. The van der Waals surface area contributed by atoms with E-state index < -0.39 is 0 Å². The van der Waals surface area contributed by atoms with E-state index in [9.17, 15) is 4.79 Å². The van der Waals surface area contributed by atoms with Crippen molar-refractivity contribution in [2.24, 2.45) is 0 Å². The average Bonchev–Trinajstić information content (AvgIpc) is 2.82. The first kappa shape index (κ1) is 18.0. The third kappa shape index (κ3) is 4.44. The lowest BCUT2D eigenvalue weighted by atomic mass is 10.2. The highest BCUT2D eigenvalue weighted by Crippen LogP contribution is 2.25. The summed E-state index contributed by atoms with van der Waals surface area (Å²) < 4.78 is 5.90. The van der Waals surface area contributed by atoms with Gasteiger partial charge in [-0.3, -0.25) is 9.69 Å². The van der Waals surface area contributed by atoms with Gasteiger partial charge < -0.3 is 9.32 Å². The quantitative estimate of drug-likeness (QED) is 0.783. The highest BCUT2D eigenvalue weighted by atomic mass is 32.2. The Labute approximate surface area is 153 Å². The van der Waals surface area contributed by atoms with E-state index in [0.29, 0.717) is 5.89 Å². The van der Waals surface area contributed by atoms with Gasteiger partial charge in [-0.25, -0.2) is 4.98 Å².